The standard InChI is InChI=1S/C10H14N2O2/c11-12-6-2-1-4-8(12)10(13)9-5-3-7-14-9/h3,5,7-8H,1-2,4,6,11H2. The molecule has 1 atom stereocenters. The number of furan rings is 1. The van der Waals surface area contributed by atoms with Crippen LogP contribution in [0.2, 0.25) is 0 Å². The monoisotopic (exact) mass is 194 g/mol. The zero-order valence-electron chi connectivity index (χ0n) is 7.98. The lowest BCUT2D eigenvalue weighted by Gasteiger charge is -2.29. The molecular formula is C10H14N2O2. The summed E-state index contributed by atoms with van der Waals surface area (Å²) in [5, 5.41) is 1.62. The van der Waals surface area contributed by atoms with Gasteiger partial charge in [0.05, 0.1) is 12.3 Å². The van der Waals surface area contributed by atoms with Crippen molar-refractivity contribution in [3.8, 4) is 0 Å². The van der Waals surface area contributed by atoms with E-state index in [-0.39, 0.29) is 11.8 Å². The minimum absolute atomic E-state index is 0.00259. The van der Waals surface area contributed by atoms with E-state index in [1.54, 1.807) is 17.1 Å². The van der Waals surface area contributed by atoms with Gasteiger partial charge >= 0.3 is 0 Å². The van der Waals surface area contributed by atoms with E-state index in [0.717, 1.165) is 25.8 Å². The van der Waals surface area contributed by atoms with Crippen molar-refractivity contribution in [1.29, 1.82) is 0 Å². The molecule has 1 aliphatic rings. The van der Waals surface area contributed by atoms with Gasteiger partial charge in [-0.25, -0.2) is 5.01 Å². The van der Waals surface area contributed by atoms with Gasteiger partial charge in [-0.2, -0.15) is 0 Å². The molecule has 0 bridgehead atoms. The van der Waals surface area contributed by atoms with Gasteiger partial charge in [-0.05, 0) is 25.0 Å². The number of carbonyl (C=O) groups is 1. The molecular weight excluding hydrogens is 180 g/mol. The fourth-order valence-corrected chi connectivity index (χ4v) is 1.82. The molecule has 4 heteroatoms. The van der Waals surface area contributed by atoms with E-state index in [9.17, 15) is 4.79 Å². The number of hydrogen-bond donors (Lipinski definition) is 1. The van der Waals surface area contributed by atoms with Crippen LogP contribution in [0, 0.1) is 0 Å². The van der Waals surface area contributed by atoms with Crippen molar-refractivity contribution < 1.29 is 9.21 Å². The predicted molar refractivity (Wildman–Crippen MR) is 51.6 cm³/mol. The molecule has 0 aromatic carbocycles. The summed E-state index contributed by atoms with van der Waals surface area (Å²) in [6.45, 7) is 0.789. The topological polar surface area (TPSA) is 59.5 Å². The summed E-state index contributed by atoms with van der Waals surface area (Å²) < 4.78 is 5.07. The number of hydrazine groups is 1. The molecule has 2 heterocycles. The van der Waals surface area contributed by atoms with Crippen LogP contribution in [0.3, 0.4) is 0 Å². The van der Waals surface area contributed by atoms with Crippen LogP contribution in [0.5, 0.6) is 0 Å². The summed E-state index contributed by atoms with van der Waals surface area (Å²) in [6, 6.07) is 3.21. The third-order valence-corrected chi connectivity index (χ3v) is 2.61. The van der Waals surface area contributed by atoms with Gasteiger partial charge in [0.2, 0.25) is 5.78 Å². The summed E-state index contributed by atoms with van der Waals surface area (Å²) in [6.07, 6.45) is 4.47. The lowest BCUT2D eigenvalue weighted by molar-refractivity contribution is 0.0719. The summed E-state index contributed by atoms with van der Waals surface area (Å²) >= 11 is 0. The maximum absolute atomic E-state index is 11.9. The lowest BCUT2D eigenvalue weighted by Crippen LogP contribution is -2.48. The Balaban J connectivity index is 2.10. The zero-order valence-corrected chi connectivity index (χ0v) is 7.98. The van der Waals surface area contributed by atoms with Crippen LogP contribution < -0.4 is 5.84 Å². The van der Waals surface area contributed by atoms with Gasteiger partial charge in [-0.15, -0.1) is 0 Å². The molecule has 2 rings (SSSR count). The molecule has 1 aromatic rings. The maximum Gasteiger partial charge on any atom is 0.216 e. The highest BCUT2D eigenvalue weighted by molar-refractivity contribution is 5.97. The molecule has 2 N–H and O–H groups in total. The van der Waals surface area contributed by atoms with Crippen molar-refractivity contribution in [2.75, 3.05) is 6.54 Å². The molecule has 14 heavy (non-hydrogen) atoms. The SMILES string of the molecule is NN1CCCCC1C(=O)c1ccco1. The van der Waals surface area contributed by atoms with E-state index in [0.29, 0.717) is 5.76 Å². The Morgan fingerprint density at radius 3 is 3.07 bits per heavy atom. The van der Waals surface area contributed by atoms with Crippen molar-refractivity contribution in [3.05, 3.63) is 24.2 Å². The Kier molecular flexibility index (Phi) is 2.65. The second kappa shape index (κ2) is 3.94. The molecule has 1 aromatic heterocycles. The molecule has 76 valence electrons. The largest absolute Gasteiger partial charge is 0.461 e. The predicted octanol–water partition coefficient (Wildman–Crippen LogP) is 1.19. The Hall–Kier alpha value is -1.13. The number of piperidine rings is 1. The van der Waals surface area contributed by atoms with E-state index in [2.05, 4.69) is 0 Å². The highest BCUT2D eigenvalue weighted by Gasteiger charge is 2.28. The lowest BCUT2D eigenvalue weighted by atomic mass is 9.99. The Labute approximate surface area is 82.6 Å². The average Bonchev–Trinajstić information content (AvgIpc) is 2.70. The van der Waals surface area contributed by atoms with Crippen molar-refractivity contribution in [3.63, 3.8) is 0 Å². The molecule has 4 nitrogen and oxygen atoms in total. The summed E-state index contributed by atoms with van der Waals surface area (Å²) in [5.74, 6) is 6.16. The Morgan fingerprint density at radius 1 is 1.57 bits per heavy atom. The van der Waals surface area contributed by atoms with Crippen LogP contribution in [0.25, 0.3) is 0 Å². The van der Waals surface area contributed by atoms with Crippen LogP contribution in [-0.4, -0.2) is 23.4 Å². The van der Waals surface area contributed by atoms with Gasteiger partial charge in [-0.3, -0.25) is 10.6 Å². The minimum Gasteiger partial charge on any atom is -0.461 e. The maximum atomic E-state index is 11.9. The molecule has 1 fully saturated rings. The summed E-state index contributed by atoms with van der Waals surface area (Å²) in [5.41, 5.74) is 0. The summed E-state index contributed by atoms with van der Waals surface area (Å²) in [7, 11) is 0. The molecule has 0 spiro atoms. The first-order valence-electron chi connectivity index (χ1n) is 4.88. The van der Waals surface area contributed by atoms with Crippen molar-refractivity contribution in [2.45, 2.75) is 25.3 Å². The van der Waals surface area contributed by atoms with E-state index in [1.165, 1.54) is 6.26 Å². The molecule has 1 aliphatic heterocycles. The van der Waals surface area contributed by atoms with E-state index >= 15 is 0 Å². The Morgan fingerprint density at radius 2 is 2.43 bits per heavy atom. The van der Waals surface area contributed by atoms with E-state index in [1.807, 2.05) is 0 Å². The van der Waals surface area contributed by atoms with Gasteiger partial charge in [0.25, 0.3) is 0 Å². The fourth-order valence-electron chi connectivity index (χ4n) is 1.82. The van der Waals surface area contributed by atoms with Crippen molar-refractivity contribution in [2.24, 2.45) is 5.84 Å². The van der Waals surface area contributed by atoms with Crippen LogP contribution in [0.4, 0.5) is 0 Å². The molecule has 0 amide bonds. The number of hydrogen-bond acceptors (Lipinski definition) is 4. The number of Topliss-reactive ketones (excluding diaryl/α,β-unsaturated/α-hetero) is 1. The second-order valence-corrected chi connectivity index (χ2v) is 3.59. The summed E-state index contributed by atoms with van der Waals surface area (Å²) in [4.78, 5) is 11.9. The quantitative estimate of drug-likeness (QED) is 0.567. The molecule has 1 unspecified atom stereocenters. The van der Waals surface area contributed by atoms with Crippen LogP contribution >= 0.6 is 0 Å². The first kappa shape index (κ1) is 9.43. The second-order valence-electron chi connectivity index (χ2n) is 3.59. The first-order chi connectivity index (χ1) is 6.79. The molecule has 1 saturated heterocycles. The average molecular weight is 194 g/mol. The minimum atomic E-state index is -0.199. The third-order valence-electron chi connectivity index (χ3n) is 2.61. The number of nitrogens with zero attached hydrogens (tertiary/aromatic N) is 1. The molecule has 0 saturated carbocycles. The van der Waals surface area contributed by atoms with Crippen LogP contribution in [-0.2, 0) is 0 Å². The normalized spacial score (nSPS) is 23.6. The Bertz CT molecular complexity index is 308. The molecule has 0 radical (unpaired) electrons. The van der Waals surface area contributed by atoms with Crippen molar-refractivity contribution in [1.82, 2.24) is 5.01 Å². The zero-order chi connectivity index (χ0) is 9.97. The van der Waals surface area contributed by atoms with Gasteiger partial charge in [0.1, 0.15) is 0 Å². The van der Waals surface area contributed by atoms with Crippen molar-refractivity contribution >= 4 is 5.78 Å². The first-order valence-corrected chi connectivity index (χ1v) is 4.88. The number of nitrogens with two attached hydrogens (primary N) is 1. The van der Waals surface area contributed by atoms with Crippen LogP contribution in [0.1, 0.15) is 29.8 Å². The van der Waals surface area contributed by atoms with E-state index < -0.39 is 0 Å². The highest BCUT2D eigenvalue weighted by atomic mass is 16.3. The van der Waals surface area contributed by atoms with Gasteiger partial charge in [0, 0.05) is 6.54 Å². The van der Waals surface area contributed by atoms with Gasteiger partial charge in [-0.1, -0.05) is 6.42 Å². The fraction of sp³-hybridized carbons (Fsp3) is 0.500. The van der Waals surface area contributed by atoms with Gasteiger partial charge in [0.15, 0.2) is 5.76 Å². The molecule has 0 aliphatic carbocycles. The van der Waals surface area contributed by atoms with Crippen LogP contribution in [0.15, 0.2) is 22.8 Å². The smallest absolute Gasteiger partial charge is 0.216 e. The van der Waals surface area contributed by atoms with E-state index in [4.69, 9.17) is 10.3 Å². The highest BCUT2D eigenvalue weighted by Crippen LogP contribution is 2.18. The van der Waals surface area contributed by atoms with Gasteiger partial charge < -0.3 is 4.42 Å². The number of carbonyl (C=O) groups excluding carboxylic acids is 1. The third kappa shape index (κ3) is 1.71. The number of ketones is 1. The number of rotatable bonds is 2.